The number of aromatic carboxylic acids is 1. The minimum atomic E-state index is -1.19. The van der Waals surface area contributed by atoms with Crippen molar-refractivity contribution in [3.05, 3.63) is 100 Å². The van der Waals surface area contributed by atoms with E-state index in [1.807, 2.05) is 0 Å². The molecule has 0 saturated heterocycles. The third kappa shape index (κ3) is 6.58. The predicted octanol–water partition coefficient (Wildman–Crippen LogP) is 5.79. The molecule has 0 aliphatic heterocycles. The zero-order valence-corrected chi connectivity index (χ0v) is 26.3. The molecule has 0 bridgehead atoms. The molecule has 1 fully saturated rings. The van der Waals surface area contributed by atoms with E-state index < -0.39 is 29.6 Å². The second kappa shape index (κ2) is 13.2. The molecule has 2 heterocycles. The van der Waals surface area contributed by atoms with Crippen molar-refractivity contribution >= 4 is 57.6 Å². The molecule has 6 rings (SSSR count). The summed E-state index contributed by atoms with van der Waals surface area (Å²) in [6, 6.07) is 16.1. The van der Waals surface area contributed by atoms with Crippen molar-refractivity contribution in [1.29, 1.82) is 0 Å². The van der Waals surface area contributed by atoms with E-state index in [1.165, 1.54) is 31.2 Å². The van der Waals surface area contributed by atoms with Crippen LogP contribution in [0.15, 0.2) is 66.7 Å². The number of rotatable bonds is 10. The summed E-state index contributed by atoms with van der Waals surface area (Å²) in [6.07, 6.45) is 2.77. The molecule has 0 spiro atoms. The molecule has 1 saturated carbocycles. The smallest absolute Gasteiger partial charge is 0.352 e. The van der Waals surface area contributed by atoms with Gasteiger partial charge in [0, 0.05) is 34.6 Å². The summed E-state index contributed by atoms with van der Waals surface area (Å²) in [6.45, 7) is 1.46. The van der Waals surface area contributed by atoms with Gasteiger partial charge in [0.1, 0.15) is 11.7 Å². The third-order valence-corrected chi connectivity index (χ3v) is 8.61. The highest BCUT2D eigenvalue weighted by Crippen LogP contribution is 2.29. The summed E-state index contributed by atoms with van der Waals surface area (Å²) in [5, 5.41) is 28.9. The number of carbonyl (C=O) groups excluding carboxylic acids is 3. The molecule has 1 aliphatic carbocycles. The number of fused-ring (bicyclic) bond motifs is 1. The van der Waals surface area contributed by atoms with Crippen LogP contribution in [0, 0.1) is 18.7 Å². The highest BCUT2D eigenvalue weighted by molar-refractivity contribution is 6.31. The minimum absolute atomic E-state index is 0.00785. The van der Waals surface area contributed by atoms with Crippen LogP contribution in [0.4, 0.5) is 15.8 Å². The Morgan fingerprint density at radius 3 is 2.46 bits per heavy atom. The summed E-state index contributed by atoms with van der Waals surface area (Å²) in [5.74, 6) is -3.71. The Labute approximate surface area is 277 Å². The van der Waals surface area contributed by atoms with E-state index in [9.17, 15) is 33.9 Å². The molecule has 2 aromatic heterocycles. The molecule has 1 atom stereocenters. The number of carboxylic acids is 1. The van der Waals surface area contributed by atoms with E-state index in [-0.39, 0.29) is 51.7 Å². The fourth-order valence-electron chi connectivity index (χ4n) is 5.50. The molecule has 3 aromatic carbocycles. The number of nitrogens with one attached hydrogen (secondary N) is 4. The molecular weight excluding hydrogens is 643 g/mol. The molecule has 14 heteroatoms. The number of nitrogens with zero attached hydrogens (tertiary/aromatic N) is 2. The molecule has 0 radical (unpaired) electrons. The Morgan fingerprint density at radius 2 is 1.77 bits per heavy atom. The second-order valence-corrected chi connectivity index (χ2v) is 12.0. The van der Waals surface area contributed by atoms with Crippen molar-refractivity contribution in [3.63, 3.8) is 0 Å². The Bertz CT molecular complexity index is 2070. The zero-order valence-electron chi connectivity index (χ0n) is 25.5. The van der Waals surface area contributed by atoms with Gasteiger partial charge in [-0.05, 0) is 73.9 Å². The largest absolute Gasteiger partial charge is 0.477 e. The molecule has 48 heavy (non-hydrogen) atoms. The molecule has 246 valence electrons. The predicted molar refractivity (Wildman–Crippen MR) is 176 cm³/mol. The van der Waals surface area contributed by atoms with E-state index >= 15 is 0 Å². The van der Waals surface area contributed by atoms with Crippen LogP contribution in [0.25, 0.3) is 22.3 Å². The van der Waals surface area contributed by atoms with Gasteiger partial charge in [-0.1, -0.05) is 36.2 Å². The van der Waals surface area contributed by atoms with E-state index in [4.69, 9.17) is 11.6 Å². The summed E-state index contributed by atoms with van der Waals surface area (Å²) in [4.78, 5) is 58.0. The van der Waals surface area contributed by atoms with Crippen LogP contribution in [0.3, 0.4) is 0 Å². The number of carboxylic acid groups (broad SMARTS) is 1. The van der Waals surface area contributed by atoms with Gasteiger partial charge in [0.05, 0.1) is 16.3 Å². The standard InChI is InChI=1S/C34H30ClFN6O6/c1-17-29(42(48)30(37-17)23-6-3-7-24(35)28(23)36)33(45)41-26(14-18-8-10-21(11-9-18)38-31(43)19-4-2-5-19)32(44)39-22-12-13-25-20(15-22)16-27(40-25)34(46)47/h3,6-13,15-16,19,26,40,48H,2,4-5,14H2,1H3,(H,38,43)(H,39,44)(H,41,45)(H,46,47)/t26-/m0/s1. The summed E-state index contributed by atoms with van der Waals surface area (Å²) in [5.41, 5.74) is 1.77. The number of halogens is 2. The molecule has 0 unspecified atom stereocenters. The van der Waals surface area contributed by atoms with Crippen LogP contribution >= 0.6 is 11.6 Å². The Balaban J connectivity index is 1.26. The molecular formula is C34H30ClFN6O6. The molecule has 5 aromatic rings. The SMILES string of the molecule is Cc1nc(-c2cccc(Cl)c2F)n(O)c1C(=O)N[C@@H](Cc1ccc(NC(=O)C2CCC2)cc1)C(=O)Nc1ccc2[nH]c(C(=O)O)cc2c1. The first kappa shape index (κ1) is 32.3. The number of imidazole rings is 1. The van der Waals surface area contributed by atoms with E-state index in [0.29, 0.717) is 32.6 Å². The number of aryl methyl sites for hydroxylation is 1. The number of carbonyl (C=O) groups is 4. The number of aromatic amines is 1. The lowest BCUT2D eigenvalue weighted by atomic mass is 9.85. The quantitative estimate of drug-likeness (QED) is 0.102. The second-order valence-electron chi connectivity index (χ2n) is 11.6. The zero-order chi connectivity index (χ0) is 34.1. The maximum absolute atomic E-state index is 14.8. The van der Waals surface area contributed by atoms with Gasteiger partial charge in [-0.2, -0.15) is 4.73 Å². The van der Waals surface area contributed by atoms with E-state index in [1.54, 1.807) is 42.5 Å². The van der Waals surface area contributed by atoms with Crippen LogP contribution < -0.4 is 16.0 Å². The van der Waals surface area contributed by atoms with Crippen LogP contribution in [0.2, 0.25) is 5.02 Å². The van der Waals surface area contributed by atoms with Crippen molar-refractivity contribution in [2.75, 3.05) is 10.6 Å². The topological polar surface area (TPSA) is 178 Å². The lowest BCUT2D eigenvalue weighted by Gasteiger charge is -2.24. The van der Waals surface area contributed by atoms with Gasteiger partial charge in [0.15, 0.2) is 17.3 Å². The monoisotopic (exact) mass is 672 g/mol. The number of hydrogen-bond donors (Lipinski definition) is 6. The maximum Gasteiger partial charge on any atom is 0.352 e. The Morgan fingerprint density at radius 1 is 1.04 bits per heavy atom. The molecule has 12 nitrogen and oxygen atoms in total. The van der Waals surface area contributed by atoms with Crippen molar-refractivity contribution < 1.29 is 33.9 Å². The number of hydrogen-bond acceptors (Lipinski definition) is 6. The van der Waals surface area contributed by atoms with Gasteiger partial charge in [0.25, 0.3) is 5.91 Å². The maximum atomic E-state index is 14.8. The molecule has 1 aliphatic rings. The Hall–Kier alpha value is -5.69. The van der Waals surface area contributed by atoms with Gasteiger partial charge in [-0.3, -0.25) is 14.4 Å². The van der Waals surface area contributed by atoms with Crippen molar-refractivity contribution in [1.82, 2.24) is 20.0 Å². The van der Waals surface area contributed by atoms with Crippen LogP contribution in [0.1, 0.15) is 51.5 Å². The lowest BCUT2D eigenvalue weighted by Crippen LogP contribution is -2.46. The fraction of sp³-hybridized carbons (Fsp3) is 0.206. The van der Waals surface area contributed by atoms with E-state index in [2.05, 4.69) is 25.9 Å². The molecule has 6 N–H and O–H groups in total. The van der Waals surface area contributed by atoms with Crippen molar-refractivity contribution in [2.45, 2.75) is 38.6 Å². The van der Waals surface area contributed by atoms with Crippen molar-refractivity contribution in [2.24, 2.45) is 5.92 Å². The third-order valence-electron chi connectivity index (χ3n) is 8.31. The van der Waals surface area contributed by atoms with E-state index in [0.717, 1.165) is 19.3 Å². The highest BCUT2D eigenvalue weighted by Gasteiger charge is 2.29. The van der Waals surface area contributed by atoms with Gasteiger partial charge in [-0.25, -0.2) is 14.2 Å². The fourth-order valence-corrected chi connectivity index (χ4v) is 5.67. The first-order chi connectivity index (χ1) is 23.0. The first-order valence-corrected chi connectivity index (χ1v) is 15.5. The average Bonchev–Trinajstić information content (AvgIpc) is 3.58. The normalized spacial score (nSPS) is 13.5. The van der Waals surface area contributed by atoms with Gasteiger partial charge in [-0.15, -0.1) is 0 Å². The summed E-state index contributed by atoms with van der Waals surface area (Å²) in [7, 11) is 0. The Kier molecular flexibility index (Phi) is 8.87. The first-order valence-electron chi connectivity index (χ1n) is 15.1. The van der Waals surface area contributed by atoms with Crippen LogP contribution in [-0.4, -0.2) is 54.7 Å². The highest BCUT2D eigenvalue weighted by atomic mass is 35.5. The van der Waals surface area contributed by atoms with Gasteiger partial charge < -0.3 is 31.2 Å². The van der Waals surface area contributed by atoms with Crippen LogP contribution in [-0.2, 0) is 16.0 Å². The van der Waals surface area contributed by atoms with Gasteiger partial charge >= 0.3 is 5.97 Å². The summed E-state index contributed by atoms with van der Waals surface area (Å²) < 4.78 is 15.2. The number of benzene rings is 3. The average molecular weight is 673 g/mol. The number of H-pyrrole nitrogens is 1. The minimum Gasteiger partial charge on any atom is -0.477 e. The number of anilines is 2. The summed E-state index contributed by atoms with van der Waals surface area (Å²) >= 11 is 5.91. The van der Waals surface area contributed by atoms with Crippen molar-refractivity contribution in [3.8, 4) is 11.4 Å². The van der Waals surface area contributed by atoms with Crippen LogP contribution in [0.5, 0.6) is 0 Å². The number of aromatic nitrogens is 3. The number of amides is 3. The molecule has 3 amide bonds. The lowest BCUT2D eigenvalue weighted by molar-refractivity contribution is -0.122. The van der Waals surface area contributed by atoms with Gasteiger partial charge in [0.2, 0.25) is 11.8 Å².